The van der Waals surface area contributed by atoms with E-state index < -0.39 is 5.75 Å². The maximum atomic E-state index is 8.71. The summed E-state index contributed by atoms with van der Waals surface area (Å²) in [5.74, 6) is -1.09. The number of rotatable bonds is 0. The Balaban J connectivity index is 0. The largest absolute Gasteiger partial charge is 0.504 e. The molecule has 11 heavy (non-hydrogen) atoms. The summed E-state index contributed by atoms with van der Waals surface area (Å²) in [4.78, 5) is 0. The second-order valence-corrected chi connectivity index (χ2v) is 1.64. The first-order valence-corrected chi connectivity index (χ1v) is 2.41. The molecular formula is C6H8O4Sb. The summed E-state index contributed by atoms with van der Waals surface area (Å²) in [5, 5.41) is 26.1. The first-order chi connectivity index (χ1) is 4.22. The van der Waals surface area contributed by atoms with Crippen molar-refractivity contribution in [2.75, 3.05) is 0 Å². The van der Waals surface area contributed by atoms with Gasteiger partial charge in [-0.25, -0.2) is 0 Å². The molecule has 0 heterocycles. The van der Waals surface area contributed by atoms with Gasteiger partial charge in [-0.3, -0.25) is 0 Å². The van der Waals surface area contributed by atoms with Crippen molar-refractivity contribution in [3.8, 4) is 17.2 Å². The molecule has 0 aliphatic heterocycles. The summed E-state index contributed by atoms with van der Waals surface area (Å²) in [6.07, 6.45) is 0. The van der Waals surface area contributed by atoms with Gasteiger partial charge in [0.25, 0.3) is 0 Å². The van der Waals surface area contributed by atoms with Crippen LogP contribution in [0.4, 0.5) is 0 Å². The van der Waals surface area contributed by atoms with E-state index in [-0.39, 0.29) is 41.4 Å². The third kappa shape index (κ3) is 2.87. The second-order valence-electron chi connectivity index (χ2n) is 1.64. The Labute approximate surface area is 80.9 Å². The topological polar surface area (TPSA) is 92.2 Å². The summed E-state index contributed by atoms with van der Waals surface area (Å²) < 4.78 is 0. The van der Waals surface area contributed by atoms with Gasteiger partial charge in [0.05, 0.1) is 0 Å². The molecule has 5 heteroatoms. The average molecular weight is 266 g/mol. The molecule has 0 spiro atoms. The summed E-state index contributed by atoms with van der Waals surface area (Å²) in [6.45, 7) is 0. The van der Waals surface area contributed by atoms with E-state index >= 15 is 0 Å². The van der Waals surface area contributed by atoms with E-state index in [0.717, 1.165) is 0 Å². The predicted molar refractivity (Wildman–Crippen MR) is 40.8 cm³/mol. The Morgan fingerprint density at radius 1 is 0.909 bits per heavy atom. The van der Waals surface area contributed by atoms with Crippen molar-refractivity contribution < 1.29 is 20.8 Å². The standard InChI is InChI=1S/C6H6O3.H2O.Sb/c7-4-2-1-3-5(8)6(4)9;;/h1-3,7-9H;1H2;. The number of phenols is 3. The van der Waals surface area contributed by atoms with Gasteiger partial charge < -0.3 is 20.8 Å². The predicted octanol–water partition coefficient (Wildman–Crippen LogP) is -0.402. The van der Waals surface area contributed by atoms with E-state index in [2.05, 4.69) is 0 Å². The van der Waals surface area contributed by atoms with Crippen molar-refractivity contribution in [1.82, 2.24) is 0 Å². The molecule has 0 atom stereocenters. The maximum Gasteiger partial charge on any atom is 0.200 e. The first kappa shape index (κ1) is 13.0. The normalized spacial score (nSPS) is 7.64. The van der Waals surface area contributed by atoms with Crippen LogP contribution in [0.25, 0.3) is 0 Å². The fraction of sp³-hybridized carbons (Fsp3) is 0. The summed E-state index contributed by atoms with van der Waals surface area (Å²) in [6, 6.07) is 4.01. The molecule has 1 aromatic carbocycles. The van der Waals surface area contributed by atoms with Gasteiger partial charge in [-0.2, -0.15) is 0 Å². The second kappa shape index (κ2) is 5.10. The molecule has 3 radical (unpaired) electrons. The monoisotopic (exact) mass is 265 g/mol. The van der Waals surface area contributed by atoms with Crippen LogP contribution in [-0.2, 0) is 0 Å². The van der Waals surface area contributed by atoms with Crippen LogP contribution < -0.4 is 0 Å². The van der Waals surface area contributed by atoms with Crippen molar-refractivity contribution in [1.29, 1.82) is 0 Å². The molecular weight excluding hydrogens is 258 g/mol. The number of para-hydroxylation sites is 1. The molecule has 1 aromatic rings. The van der Waals surface area contributed by atoms with Crippen LogP contribution in [0.3, 0.4) is 0 Å². The molecule has 0 saturated heterocycles. The Kier molecular flexibility index (Phi) is 6.04. The van der Waals surface area contributed by atoms with E-state index in [1.165, 1.54) is 18.2 Å². The smallest absolute Gasteiger partial charge is 0.200 e. The zero-order valence-corrected chi connectivity index (χ0v) is 8.07. The van der Waals surface area contributed by atoms with Crippen molar-refractivity contribution in [2.24, 2.45) is 0 Å². The maximum absolute atomic E-state index is 8.71. The minimum absolute atomic E-state index is 0. The van der Waals surface area contributed by atoms with Gasteiger partial charge in [-0.15, -0.1) is 0 Å². The summed E-state index contributed by atoms with van der Waals surface area (Å²) in [5.41, 5.74) is 0. The minimum Gasteiger partial charge on any atom is -0.504 e. The average Bonchev–Trinajstić information content (AvgIpc) is 1.83. The van der Waals surface area contributed by atoms with Crippen LogP contribution in [0, 0.1) is 0 Å². The van der Waals surface area contributed by atoms with Crippen LogP contribution >= 0.6 is 0 Å². The summed E-state index contributed by atoms with van der Waals surface area (Å²) in [7, 11) is 0. The number of phenolic OH excluding ortho intramolecular Hbond substituents is 3. The first-order valence-electron chi connectivity index (χ1n) is 2.41. The number of hydrogen-bond donors (Lipinski definition) is 3. The van der Waals surface area contributed by atoms with E-state index in [9.17, 15) is 0 Å². The van der Waals surface area contributed by atoms with E-state index in [1.54, 1.807) is 0 Å². The van der Waals surface area contributed by atoms with E-state index in [4.69, 9.17) is 15.3 Å². The molecule has 0 aromatic heterocycles. The van der Waals surface area contributed by atoms with E-state index in [0.29, 0.717) is 0 Å². The van der Waals surface area contributed by atoms with Gasteiger partial charge in [0.2, 0.25) is 0 Å². The Hall–Kier alpha value is -0.602. The molecule has 4 nitrogen and oxygen atoms in total. The van der Waals surface area contributed by atoms with E-state index in [1.807, 2.05) is 0 Å². The molecule has 0 saturated carbocycles. The van der Waals surface area contributed by atoms with Crippen LogP contribution in [0.15, 0.2) is 18.2 Å². The Morgan fingerprint density at radius 3 is 1.55 bits per heavy atom. The minimum atomic E-state index is -0.475. The number of aromatic hydroxyl groups is 3. The molecule has 1 rings (SSSR count). The zero-order chi connectivity index (χ0) is 6.85. The molecule has 0 aliphatic rings. The van der Waals surface area contributed by atoms with Crippen LogP contribution in [0.1, 0.15) is 0 Å². The fourth-order valence-electron chi connectivity index (χ4n) is 0.519. The molecule has 0 amide bonds. The van der Waals surface area contributed by atoms with Gasteiger partial charge in [0.15, 0.2) is 17.2 Å². The molecule has 61 valence electrons. The molecule has 0 fully saturated rings. The zero-order valence-electron chi connectivity index (χ0n) is 5.52. The summed E-state index contributed by atoms with van der Waals surface area (Å²) >= 11 is 0. The SMILES string of the molecule is O.Oc1cccc(O)c1O.[Sb]. The number of hydrogen-bond acceptors (Lipinski definition) is 3. The van der Waals surface area contributed by atoms with Gasteiger partial charge in [0.1, 0.15) is 0 Å². The third-order valence-electron chi connectivity index (χ3n) is 0.993. The van der Waals surface area contributed by atoms with Gasteiger partial charge in [-0.1, -0.05) is 6.07 Å². The van der Waals surface area contributed by atoms with Crippen molar-refractivity contribution in [2.45, 2.75) is 0 Å². The Bertz CT molecular complexity index is 206. The number of benzene rings is 1. The van der Waals surface area contributed by atoms with Crippen molar-refractivity contribution >= 4 is 24.4 Å². The Morgan fingerprint density at radius 2 is 1.27 bits per heavy atom. The fourth-order valence-corrected chi connectivity index (χ4v) is 0.519. The molecule has 0 unspecified atom stereocenters. The van der Waals surface area contributed by atoms with Crippen molar-refractivity contribution in [3.63, 3.8) is 0 Å². The van der Waals surface area contributed by atoms with Gasteiger partial charge in [-0.05, 0) is 12.1 Å². The van der Waals surface area contributed by atoms with Gasteiger partial charge >= 0.3 is 0 Å². The quantitative estimate of drug-likeness (QED) is 0.440. The van der Waals surface area contributed by atoms with Crippen LogP contribution in [-0.4, -0.2) is 45.2 Å². The van der Waals surface area contributed by atoms with Crippen LogP contribution in [0.5, 0.6) is 17.2 Å². The molecule has 0 bridgehead atoms. The van der Waals surface area contributed by atoms with Crippen LogP contribution in [0.2, 0.25) is 0 Å². The van der Waals surface area contributed by atoms with Crippen molar-refractivity contribution in [3.05, 3.63) is 18.2 Å². The van der Waals surface area contributed by atoms with Gasteiger partial charge in [0, 0.05) is 24.4 Å². The molecule has 5 N–H and O–H groups in total. The third-order valence-corrected chi connectivity index (χ3v) is 0.993. The molecule has 0 aliphatic carbocycles.